The summed E-state index contributed by atoms with van der Waals surface area (Å²) in [6, 6.07) is 15.7. The van der Waals surface area contributed by atoms with Crippen LogP contribution in [0.1, 0.15) is 76.4 Å². The molecule has 0 amide bonds. The van der Waals surface area contributed by atoms with Crippen LogP contribution >= 0.6 is 11.6 Å². The minimum absolute atomic E-state index is 0.0958. The summed E-state index contributed by atoms with van der Waals surface area (Å²) in [4.78, 5) is 2.49. The van der Waals surface area contributed by atoms with Crippen LogP contribution in [0.15, 0.2) is 42.5 Å². The highest BCUT2D eigenvalue weighted by Crippen LogP contribution is 2.43. The van der Waals surface area contributed by atoms with Gasteiger partial charge in [0.25, 0.3) is 0 Å². The first-order valence-electron chi connectivity index (χ1n) is 10.5. The molecule has 2 nitrogen and oxygen atoms in total. The van der Waals surface area contributed by atoms with Crippen molar-refractivity contribution in [2.24, 2.45) is 0 Å². The van der Waals surface area contributed by atoms with Gasteiger partial charge >= 0.3 is 0 Å². The van der Waals surface area contributed by atoms with Crippen LogP contribution in [-0.2, 0) is 17.4 Å². The van der Waals surface area contributed by atoms with Crippen molar-refractivity contribution in [2.75, 3.05) is 7.05 Å². The molecule has 3 rings (SSSR count). The number of benzene rings is 2. The average molecular weight is 399 g/mol. The summed E-state index contributed by atoms with van der Waals surface area (Å²) >= 11 is 6.14. The molecule has 1 aliphatic heterocycles. The molecular formula is C25H35ClN2. The molecule has 1 aliphatic rings. The third kappa shape index (κ3) is 3.75. The molecule has 3 heteroatoms. The fraction of sp³-hybridized carbons (Fsp3) is 0.520. The van der Waals surface area contributed by atoms with Gasteiger partial charge in [0.2, 0.25) is 0 Å². The Balaban J connectivity index is 2.02. The zero-order valence-corrected chi connectivity index (χ0v) is 19.2. The topological polar surface area (TPSA) is 15.3 Å². The zero-order chi connectivity index (χ0) is 20.7. The summed E-state index contributed by atoms with van der Waals surface area (Å²) in [5.74, 6) is 0. The van der Waals surface area contributed by atoms with Gasteiger partial charge in [-0.1, -0.05) is 76.0 Å². The van der Waals surface area contributed by atoms with E-state index in [-0.39, 0.29) is 17.1 Å². The second-order valence-corrected chi connectivity index (χ2v) is 9.91. The quantitative estimate of drug-likeness (QED) is 0.638. The van der Waals surface area contributed by atoms with Crippen LogP contribution in [0.25, 0.3) is 0 Å². The molecule has 0 bridgehead atoms. The highest BCUT2D eigenvalue weighted by atomic mass is 35.5. The molecule has 1 fully saturated rings. The van der Waals surface area contributed by atoms with Gasteiger partial charge in [-0.15, -0.1) is 0 Å². The van der Waals surface area contributed by atoms with Crippen molar-refractivity contribution >= 4 is 11.6 Å². The molecule has 0 aromatic heterocycles. The first-order valence-corrected chi connectivity index (χ1v) is 10.8. The van der Waals surface area contributed by atoms with Crippen molar-refractivity contribution < 1.29 is 0 Å². The third-order valence-electron chi connectivity index (χ3n) is 6.62. The lowest BCUT2D eigenvalue weighted by molar-refractivity contribution is 0.142. The number of nitrogens with zero attached hydrogens (tertiary/aromatic N) is 1. The Morgan fingerprint density at radius 3 is 2.32 bits per heavy atom. The maximum atomic E-state index is 6.14. The van der Waals surface area contributed by atoms with Gasteiger partial charge in [0, 0.05) is 11.1 Å². The Labute approximate surface area is 176 Å². The van der Waals surface area contributed by atoms with Gasteiger partial charge in [-0.25, -0.2) is 0 Å². The number of nitrogens with one attached hydrogen (secondary N) is 1. The summed E-state index contributed by atoms with van der Waals surface area (Å²) in [6.07, 6.45) is 2.46. The van der Waals surface area contributed by atoms with E-state index in [1.165, 1.54) is 22.3 Å². The van der Waals surface area contributed by atoms with Crippen LogP contribution in [0.3, 0.4) is 0 Å². The van der Waals surface area contributed by atoms with E-state index in [2.05, 4.69) is 89.1 Å². The molecular weight excluding hydrogens is 364 g/mol. The number of aryl methyl sites for hydroxylation is 1. The number of likely N-dealkylation sites (N-methyl/N-ethyl adjacent to an activating group) is 1. The van der Waals surface area contributed by atoms with E-state index in [0.29, 0.717) is 6.04 Å². The molecule has 2 unspecified atom stereocenters. The predicted octanol–water partition coefficient (Wildman–Crippen LogP) is 6.43. The number of hydrogen-bond acceptors (Lipinski definition) is 2. The van der Waals surface area contributed by atoms with Gasteiger partial charge in [-0.2, -0.15) is 0 Å². The second-order valence-electron chi connectivity index (χ2n) is 9.47. The molecule has 2 aromatic carbocycles. The highest BCUT2D eigenvalue weighted by molar-refractivity contribution is 6.30. The van der Waals surface area contributed by atoms with Crippen molar-refractivity contribution in [1.29, 1.82) is 0 Å². The molecule has 1 N–H and O–H groups in total. The molecule has 28 heavy (non-hydrogen) atoms. The molecule has 0 radical (unpaired) electrons. The van der Waals surface area contributed by atoms with E-state index in [9.17, 15) is 0 Å². The normalized spacial score (nSPS) is 26.0. The van der Waals surface area contributed by atoms with Crippen LogP contribution in [0.2, 0.25) is 5.02 Å². The van der Waals surface area contributed by atoms with Crippen molar-refractivity contribution in [3.8, 4) is 0 Å². The molecule has 1 saturated heterocycles. The lowest BCUT2D eigenvalue weighted by Gasteiger charge is -2.37. The summed E-state index contributed by atoms with van der Waals surface area (Å²) < 4.78 is 0. The lowest BCUT2D eigenvalue weighted by atomic mass is 9.84. The minimum Gasteiger partial charge on any atom is -0.293 e. The van der Waals surface area contributed by atoms with Gasteiger partial charge in [-0.3, -0.25) is 10.2 Å². The van der Waals surface area contributed by atoms with Crippen LogP contribution in [0, 0.1) is 0 Å². The van der Waals surface area contributed by atoms with E-state index in [4.69, 9.17) is 11.6 Å². The summed E-state index contributed by atoms with van der Waals surface area (Å²) in [5.41, 5.74) is 5.65. The van der Waals surface area contributed by atoms with E-state index in [1.807, 2.05) is 12.1 Å². The van der Waals surface area contributed by atoms with Gasteiger partial charge in [0.05, 0.1) is 11.7 Å². The average Bonchev–Trinajstić information content (AvgIpc) is 2.87. The molecule has 2 aromatic rings. The standard InChI is InChI=1S/C25H35ClN2/c1-8-9-18-16-20(24(3,4)5)12-15-22(18)23-27-17(2)25(6,28(23)7)19-10-13-21(26)14-11-19/h10-17,23,27H,8-9H2,1-7H3/t17?,23?,25-/m0/s1. The Bertz CT molecular complexity index is 821. The van der Waals surface area contributed by atoms with Crippen LogP contribution in [0.4, 0.5) is 0 Å². The Hall–Kier alpha value is -1.35. The van der Waals surface area contributed by atoms with Gasteiger partial charge in [-0.05, 0) is 67.1 Å². The summed E-state index contributed by atoms with van der Waals surface area (Å²) in [6.45, 7) is 13.7. The largest absolute Gasteiger partial charge is 0.293 e. The maximum absolute atomic E-state index is 6.14. The first kappa shape index (κ1) is 21.4. The van der Waals surface area contributed by atoms with Gasteiger partial charge < -0.3 is 0 Å². The van der Waals surface area contributed by atoms with Crippen LogP contribution in [-0.4, -0.2) is 18.0 Å². The fourth-order valence-corrected chi connectivity index (χ4v) is 4.57. The Morgan fingerprint density at radius 1 is 1.11 bits per heavy atom. The van der Waals surface area contributed by atoms with E-state index in [1.54, 1.807) is 0 Å². The molecule has 0 spiro atoms. The van der Waals surface area contributed by atoms with Crippen LogP contribution in [0.5, 0.6) is 0 Å². The summed E-state index contributed by atoms with van der Waals surface area (Å²) in [7, 11) is 2.24. The van der Waals surface area contributed by atoms with Crippen LogP contribution < -0.4 is 5.32 Å². The first-order chi connectivity index (χ1) is 13.1. The smallest absolute Gasteiger partial charge is 0.0871 e. The monoisotopic (exact) mass is 398 g/mol. The van der Waals surface area contributed by atoms with Crippen molar-refractivity contribution in [3.05, 3.63) is 69.7 Å². The van der Waals surface area contributed by atoms with Gasteiger partial charge in [0.1, 0.15) is 0 Å². The van der Waals surface area contributed by atoms with E-state index in [0.717, 1.165) is 17.9 Å². The van der Waals surface area contributed by atoms with E-state index >= 15 is 0 Å². The molecule has 1 heterocycles. The van der Waals surface area contributed by atoms with Crippen molar-refractivity contribution in [1.82, 2.24) is 10.2 Å². The minimum atomic E-state index is -0.0958. The second kappa shape index (κ2) is 7.82. The number of rotatable bonds is 4. The van der Waals surface area contributed by atoms with E-state index < -0.39 is 0 Å². The van der Waals surface area contributed by atoms with Crippen molar-refractivity contribution in [3.63, 3.8) is 0 Å². The van der Waals surface area contributed by atoms with Crippen molar-refractivity contribution in [2.45, 2.75) is 77.5 Å². The molecule has 152 valence electrons. The molecule has 0 saturated carbocycles. The lowest BCUT2D eigenvalue weighted by Crippen LogP contribution is -2.43. The Kier molecular flexibility index (Phi) is 5.96. The maximum Gasteiger partial charge on any atom is 0.0871 e. The fourth-order valence-electron chi connectivity index (χ4n) is 4.45. The van der Waals surface area contributed by atoms with Gasteiger partial charge in [0.15, 0.2) is 0 Å². The Morgan fingerprint density at radius 2 is 1.75 bits per heavy atom. The highest BCUT2D eigenvalue weighted by Gasteiger charge is 2.47. The number of halogens is 1. The molecule has 3 atom stereocenters. The molecule has 0 aliphatic carbocycles. The predicted molar refractivity (Wildman–Crippen MR) is 121 cm³/mol. The zero-order valence-electron chi connectivity index (χ0n) is 18.4. The summed E-state index contributed by atoms with van der Waals surface area (Å²) in [5, 5.41) is 4.66. The number of hydrogen-bond donors (Lipinski definition) is 1. The SMILES string of the molecule is CCCc1cc(C(C)(C)C)ccc1C1NC(C)[C@@](C)(c2ccc(Cl)cc2)N1C. The third-order valence-corrected chi connectivity index (χ3v) is 6.87.